The van der Waals surface area contributed by atoms with Crippen LogP contribution in [0.1, 0.15) is 25.7 Å². The molecule has 1 rings (SSSR count). The highest BCUT2D eigenvalue weighted by atomic mass is 16.5. The molecule has 0 bridgehead atoms. The zero-order valence-corrected chi connectivity index (χ0v) is 6.84. The van der Waals surface area contributed by atoms with Crippen LogP contribution in [0.5, 0.6) is 0 Å². The molecule has 1 fully saturated rings. The zero-order valence-electron chi connectivity index (χ0n) is 6.84. The lowest BCUT2D eigenvalue weighted by atomic mass is 9.87. The number of ether oxygens (including phenoxy) is 1. The highest BCUT2D eigenvalue weighted by Crippen LogP contribution is 2.23. The Kier molecular flexibility index (Phi) is 3.25. The van der Waals surface area contributed by atoms with Crippen molar-refractivity contribution < 1.29 is 9.84 Å². The van der Waals surface area contributed by atoms with Gasteiger partial charge in [-0.3, -0.25) is 0 Å². The summed E-state index contributed by atoms with van der Waals surface area (Å²) >= 11 is 0. The predicted molar refractivity (Wildman–Crippen MR) is 42.7 cm³/mol. The first-order valence-corrected chi connectivity index (χ1v) is 4.06. The van der Waals surface area contributed by atoms with Crippen LogP contribution in [-0.4, -0.2) is 18.3 Å². The summed E-state index contributed by atoms with van der Waals surface area (Å²) in [4.78, 5) is 0. The largest absolute Gasteiger partial charge is 0.450 e. The van der Waals surface area contributed by atoms with Crippen molar-refractivity contribution in [1.82, 2.24) is 0 Å². The molecular weight excluding hydrogens is 140 g/mol. The molecule has 0 aromatic heterocycles. The topological polar surface area (TPSA) is 29.5 Å². The lowest BCUT2D eigenvalue weighted by Gasteiger charge is -2.22. The minimum absolute atomic E-state index is 0.142. The molecule has 0 unspecified atom stereocenters. The van der Waals surface area contributed by atoms with Gasteiger partial charge in [0.1, 0.15) is 6.11 Å². The molecular formula is C9H14O2. The number of rotatable bonds is 0. The summed E-state index contributed by atoms with van der Waals surface area (Å²) in [6.45, 7) is 0. The van der Waals surface area contributed by atoms with Gasteiger partial charge in [0.25, 0.3) is 0 Å². The van der Waals surface area contributed by atoms with Crippen LogP contribution in [0.15, 0.2) is 0 Å². The van der Waals surface area contributed by atoms with Gasteiger partial charge in [0.05, 0.1) is 13.2 Å². The second kappa shape index (κ2) is 4.25. The molecule has 2 nitrogen and oxygen atoms in total. The molecule has 62 valence electrons. The van der Waals surface area contributed by atoms with Crippen LogP contribution in [-0.2, 0) is 4.74 Å². The van der Waals surface area contributed by atoms with E-state index in [9.17, 15) is 5.11 Å². The number of methoxy groups -OCH3 is 1. The van der Waals surface area contributed by atoms with Crippen molar-refractivity contribution in [3.05, 3.63) is 0 Å². The standard InChI is InChI=1S/C9H14O2/c1-11-7-6-8-4-2-3-5-9(8)10/h8-10H,2-5H2,1H3/t8-,9+/m1/s1. The Hall–Kier alpha value is -0.680. The van der Waals surface area contributed by atoms with Crippen molar-refractivity contribution >= 4 is 0 Å². The van der Waals surface area contributed by atoms with Crippen LogP contribution >= 0.6 is 0 Å². The Morgan fingerprint density at radius 3 is 2.73 bits per heavy atom. The van der Waals surface area contributed by atoms with Crippen LogP contribution in [0.25, 0.3) is 0 Å². The molecule has 11 heavy (non-hydrogen) atoms. The molecule has 1 aliphatic rings. The first-order chi connectivity index (χ1) is 5.34. The molecule has 0 aromatic carbocycles. The van der Waals surface area contributed by atoms with E-state index in [4.69, 9.17) is 0 Å². The van der Waals surface area contributed by atoms with E-state index in [1.807, 2.05) is 0 Å². The smallest absolute Gasteiger partial charge is 0.110 e. The van der Waals surface area contributed by atoms with E-state index in [1.165, 1.54) is 6.42 Å². The summed E-state index contributed by atoms with van der Waals surface area (Å²) < 4.78 is 4.62. The Morgan fingerprint density at radius 1 is 1.36 bits per heavy atom. The van der Waals surface area contributed by atoms with E-state index in [0.717, 1.165) is 19.3 Å². The summed E-state index contributed by atoms with van der Waals surface area (Å²) in [5.74, 6) is 3.04. The third kappa shape index (κ3) is 2.44. The third-order valence-corrected chi connectivity index (χ3v) is 2.08. The van der Waals surface area contributed by atoms with Crippen molar-refractivity contribution in [3.8, 4) is 12.0 Å². The molecule has 0 aromatic rings. The molecule has 1 N–H and O–H groups in total. The maximum Gasteiger partial charge on any atom is 0.110 e. The van der Waals surface area contributed by atoms with E-state index >= 15 is 0 Å². The van der Waals surface area contributed by atoms with E-state index in [-0.39, 0.29) is 12.0 Å². The minimum Gasteiger partial charge on any atom is -0.450 e. The molecule has 0 radical (unpaired) electrons. The quantitative estimate of drug-likeness (QED) is 0.530. The van der Waals surface area contributed by atoms with Crippen molar-refractivity contribution in [2.24, 2.45) is 5.92 Å². The molecule has 2 heteroatoms. The van der Waals surface area contributed by atoms with Gasteiger partial charge in [-0.15, -0.1) is 0 Å². The van der Waals surface area contributed by atoms with Crippen LogP contribution in [0.2, 0.25) is 0 Å². The highest BCUT2D eigenvalue weighted by Gasteiger charge is 2.20. The molecule has 1 aliphatic carbocycles. The average molecular weight is 154 g/mol. The SMILES string of the molecule is COC#C[C@H]1CCCC[C@@H]1O. The Morgan fingerprint density at radius 2 is 2.09 bits per heavy atom. The molecule has 0 spiro atoms. The fourth-order valence-electron chi connectivity index (χ4n) is 1.41. The van der Waals surface area contributed by atoms with Crippen molar-refractivity contribution in [3.63, 3.8) is 0 Å². The first-order valence-electron chi connectivity index (χ1n) is 4.06. The van der Waals surface area contributed by atoms with Crippen molar-refractivity contribution in [2.45, 2.75) is 31.8 Å². The lowest BCUT2D eigenvalue weighted by molar-refractivity contribution is 0.0965. The lowest BCUT2D eigenvalue weighted by Crippen LogP contribution is -2.22. The van der Waals surface area contributed by atoms with Crippen LogP contribution in [0, 0.1) is 17.9 Å². The molecule has 1 saturated carbocycles. The van der Waals surface area contributed by atoms with Crippen molar-refractivity contribution in [2.75, 3.05) is 7.11 Å². The maximum atomic E-state index is 9.44. The number of aliphatic hydroxyl groups is 1. The monoisotopic (exact) mass is 154 g/mol. The van der Waals surface area contributed by atoms with Gasteiger partial charge in [-0.05, 0) is 12.8 Å². The van der Waals surface area contributed by atoms with Gasteiger partial charge in [-0.2, -0.15) is 0 Å². The summed E-state index contributed by atoms with van der Waals surface area (Å²) in [5.41, 5.74) is 0. The minimum atomic E-state index is -0.230. The third-order valence-electron chi connectivity index (χ3n) is 2.08. The first kappa shape index (κ1) is 8.42. The summed E-state index contributed by atoms with van der Waals surface area (Å²) in [6, 6.07) is 0. The maximum absolute atomic E-state index is 9.44. The average Bonchev–Trinajstić information content (AvgIpc) is 2.03. The molecule has 0 aliphatic heterocycles. The van der Waals surface area contributed by atoms with E-state index in [0.29, 0.717) is 0 Å². The Bertz CT molecular complexity index is 166. The fourth-order valence-corrected chi connectivity index (χ4v) is 1.41. The zero-order chi connectivity index (χ0) is 8.10. The normalized spacial score (nSPS) is 30.4. The molecule has 0 heterocycles. The fraction of sp³-hybridized carbons (Fsp3) is 0.778. The van der Waals surface area contributed by atoms with E-state index < -0.39 is 0 Å². The van der Waals surface area contributed by atoms with Gasteiger partial charge >= 0.3 is 0 Å². The van der Waals surface area contributed by atoms with Gasteiger partial charge < -0.3 is 9.84 Å². The Balaban J connectivity index is 2.41. The Labute approximate surface area is 67.6 Å². The van der Waals surface area contributed by atoms with Gasteiger partial charge in [-0.1, -0.05) is 18.8 Å². The highest BCUT2D eigenvalue weighted by molar-refractivity contribution is 5.02. The van der Waals surface area contributed by atoms with Crippen LogP contribution in [0.4, 0.5) is 0 Å². The van der Waals surface area contributed by atoms with E-state index in [1.54, 1.807) is 7.11 Å². The molecule has 0 amide bonds. The van der Waals surface area contributed by atoms with Gasteiger partial charge in [0.2, 0.25) is 0 Å². The number of aliphatic hydroxyl groups excluding tert-OH is 1. The molecule has 2 atom stereocenters. The van der Waals surface area contributed by atoms with Crippen LogP contribution < -0.4 is 0 Å². The van der Waals surface area contributed by atoms with Gasteiger partial charge in [-0.25, -0.2) is 0 Å². The predicted octanol–water partition coefficient (Wildman–Crippen LogP) is 1.14. The van der Waals surface area contributed by atoms with Crippen molar-refractivity contribution in [1.29, 1.82) is 0 Å². The second-order valence-electron chi connectivity index (χ2n) is 2.91. The molecule has 0 saturated heterocycles. The summed E-state index contributed by atoms with van der Waals surface area (Å²) in [5, 5.41) is 9.44. The summed E-state index contributed by atoms with van der Waals surface area (Å²) in [7, 11) is 1.54. The number of hydrogen-bond acceptors (Lipinski definition) is 2. The van der Waals surface area contributed by atoms with E-state index in [2.05, 4.69) is 16.8 Å². The van der Waals surface area contributed by atoms with Gasteiger partial charge in [0.15, 0.2) is 0 Å². The number of hydrogen-bond donors (Lipinski definition) is 1. The summed E-state index contributed by atoms with van der Waals surface area (Å²) in [6.07, 6.45) is 6.52. The second-order valence-corrected chi connectivity index (χ2v) is 2.91. The van der Waals surface area contributed by atoms with Gasteiger partial charge in [0, 0.05) is 5.92 Å². The van der Waals surface area contributed by atoms with Crippen LogP contribution in [0.3, 0.4) is 0 Å².